The van der Waals surface area contributed by atoms with Crippen molar-refractivity contribution in [1.82, 2.24) is 4.98 Å². The maximum absolute atomic E-state index is 5.91. The quantitative estimate of drug-likeness (QED) is 0.869. The van der Waals surface area contributed by atoms with Crippen LogP contribution in [0.25, 0.3) is 0 Å². The third-order valence-electron chi connectivity index (χ3n) is 3.72. The largest absolute Gasteiger partial charge is 0.397 e. The number of nitrogens with zero attached hydrogens (tertiary/aromatic N) is 2. The van der Waals surface area contributed by atoms with E-state index in [1.54, 1.807) is 6.20 Å². The van der Waals surface area contributed by atoms with Crippen LogP contribution in [0.1, 0.15) is 18.1 Å². The van der Waals surface area contributed by atoms with Crippen molar-refractivity contribution in [1.29, 1.82) is 0 Å². The average Bonchev–Trinajstić information content (AvgIpc) is 2.73. The Morgan fingerprint density at radius 3 is 2.89 bits per heavy atom. The van der Waals surface area contributed by atoms with Gasteiger partial charge in [0.15, 0.2) is 0 Å². The van der Waals surface area contributed by atoms with Crippen LogP contribution in [-0.4, -0.2) is 11.0 Å². The molecule has 0 saturated heterocycles. The molecule has 19 heavy (non-hydrogen) atoms. The van der Waals surface area contributed by atoms with Crippen LogP contribution in [-0.2, 0) is 6.42 Å². The Morgan fingerprint density at radius 2 is 2.11 bits per heavy atom. The van der Waals surface area contributed by atoms with Gasteiger partial charge in [-0.1, -0.05) is 18.2 Å². The van der Waals surface area contributed by atoms with Crippen molar-refractivity contribution in [2.45, 2.75) is 26.3 Å². The van der Waals surface area contributed by atoms with Crippen molar-refractivity contribution in [2.75, 3.05) is 10.6 Å². The minimum Gasteiger partial charge on any atom is -0.397 e. The number of para-hydroxylation sites is 1. The van der Waals surface area contributed by atoms with Crippen molar-refractivity contribution in [3.8, 4) is 0 Å². The van der Waals surface area contributed by atoms with E-state index in [-0.39, 0.29) is 0 Å². The molecule has 1 aliphatic heterocycles. The van der Waals surface area contributed by atoms with E-state index in [1.165, 1.54) is 11.3 Å². The number of fused-ring (bicyclic) bond motifs is 1. The summed E-state index contributed by atoms with van der Waals surface area (Å²) in [5.41, 5.74) is 10.3. The van der Waals surface area contributed by atoms with Crippen molar-refractivity contribution in [2.24, 2.45) is 0 Å². The molecule has 0 aliphatic carbocycles. The Hall–Kier alpha value is -1.55. The summed E-state index contributed by atoms with van der Waals surface area (Å²) in [7, 11) is 0. The first-order valence-corrected chi connectivity index (χ1v) is 7.16. The van der Waals surface area contributed by atoms with Gasteiger partial charge in [0.2, 0.25) is 0 Å². The molecule has 1 aromatic heterocycles. The van der Waals surface area contributed by atoms with Crippen molar-refractivity contribution in [3.63, 3.8) is 0 Å². The van der Waals surface area contributed by atoms with Gasteiger partial charge in [-0.3, -0.25) is 0 Å². The highest BCUT2D eigenvalue weighted by Gasteiger charge is 2.29. The van der Waals surface area contributed by atoms with Gasteiger partial charge < -0.3 is 10.6 Å². The molecule has 0 radical (unpaired) electrons. The second-order valence-electron chi connectivity index (χ2n) is 5.03. The minimum absolute atomic E-state index is 0.407. The number of benzene rings is 1. The molecule has 0 fully saturated rings. The summed E-state index contributed by atoms with van der Waals surface area (Å²) >= 11 is 3.64. The molecule has 1 aromatic carbocycles. The van der Waals surface area contributed by atoms with E-state index in [9.17, 15) is 0 Å². The van der Waals surface area contributed by atoms with Crippen molar-refractivity contribution in [3.05, 3.63) is 46.1 Å². The van der Waals surface area contributed by atoms with Gasteiger partial charge in [0, 0.05) is 11.7 Å². The molecule has 0 saturated carbocycles. The van der Waals surface area contributed by atoms with Crippen LogP contribution in [0.3, 0.4) is 0 Å². The van der Waals surface area contributed by atoms with Crippen molar-refractivity contribution < 1.29 is 0 Å². The van der Waals surface area contributed by atoms with E-state index < -0.39 is 0 Å². The first-order valence-electron chi connectivity index (χ1n) is 6.37. The molecule has 0 amide bonds. The molecule has 1 unspecified atom stereocenters. The number of hydrogen-bond donors (Lipinski definition) is 1. The lowest BCUT2D eigenvalue weighted by Gasteiger charge is -2.25. The molecule has 3 nitrogen and oxygen atoms in total. The van der Waals surface area contributed by atoms with E-state index in [0.29, 0.717) is 6.04 Å². The van der Waals surface area contributed by atoms with Crippen LogP contribution in [0.4, 0.5) is 17.2 Å². The van der Waals surface area contributed by atoms with Crippen LogP contribution >= 0.6 is 15.9 Å². The minimum atomic E-state index is 0.407. The molecule has 3 rings (SSSR count). The molecular formula is C15H16BrN3. The van der Waals surface area contributed by atoms with Gasteiger partial charge in [-0.15, -0.1) is 0 Å². The number of pyridine rings is 1. The Balaban J connectivity index is 2.15. The summed E-state index contributed by atoms with van der Waals surface area (Å²) in [5.74, 6) is 0.948. The van der Waals surface area contributed by atoms with Gasteiger partial charge in [0.25, 0.3) is 0 Å². The van der Waals surface area contributed by atoms with Gasteiger partial charge in [0.1, 0.15) is 5.82 Å². The Bertz CT molecular complexity index is 639. The first kappa shape index (κ1) is 12.5. The molecule has 1 aliphatic rings. The van der Waals surface area contributed by atoms with Crippen molar-refractivity contribution >= 4 is 33.1 Å². The van der Waals surface area contributed by atoms with Crippen LogP contribution in [0, 0.1) is 6.92 Å². The molecular weight excluding hydrogens is 302 g/mol. The normalized spacial score (nSPS) is 17.6. The van der Waals surface area contributed by atoms with E-state index in [0.717, 1.165) is 28.0 Å². The number of anilines is 3. The number of nitrogens with two attached hydrogens (primary N) is 1. The highest BCUT2D eigenvalue weighted by atomic mass is 79.9. The second kappa shape index (κ2) is 4.53. The predicted molar refractivity (Wildman–Crippen MR) is 82.8 cm³/mol. The fraction of sp³-hybridized carbons (Fsp3) is 0.267. The van der Waals surface area contributed by atoms with Crippen LogP contribution in [0.5, 0.6) is 0 Å². The van der Waals surface area contributed by atoms with Crippen LogP contribution in [0.2, 0.25) is 0 Å². The Morgan fingerprint density at radius 1 is 1.37 bits per heavy atom. The summed E-state index contributed by atoms with van der Waals surface area (Å²) in [6, 6.07) is 8.90. The van der Waals surface area contributed by atoms with Crippen LogP contribution < -0.4 is 10.6 Å². The number of halogens is 1. The third-order valence-corrected chi connectivity index (χ3v) is 4.67. The lowest BCUT2D eigenvalue weighted by atomic mass is 10.1. The number of nitrogen functional groups attached to an aromatic ring is 1. The first-order chi connectivity index (χ1) is 9.09. The molecule has 1 atom stereocenters. The Kier molecular flexibility index (Phi) is 2.97. The number of hydrogen-bond acceptors (Lipinski definition) is 3. The fourth-order valence-electron chi connectivity index (χ4n) is 2.63. The van der Waals surface area contributed by atoms with E-state index in [2.05, 4.69) is 57.0 Å². The zero-order valence-electron chi connectivity index (χ0n) is 11.0. The van der Waals surface area contributed by atoms with Gasteiger partial charge in [0.05, 0.1) is 16.4 Å². The SMILES string of the molecule is Cc1c(N)cnc(N2c3ccccc3CC2C)c1Br. The molecule has 2 N–H and O–H groups in total. The topological polar surface area (TPSA) is 42.1 Å². The van der Waals surface area contributed by atoms with Gasteiger partial charge in [-0.25, -0.2) is 4.98 Å². The zero-order valence-corrected chi connectivity index (χ0v) is 12.6. The van der Waals surface area contributed by atoms with E-state index >= 15 is 0 Å². The van der Waals surface area contributed by atoms with E-state index in [1.807, 2.05) is 6.92 Å². The smallest absolute Gasteiger partial charge is 0.148 e. The summed E-state index contributed by atoms with van der Waals surface area (Å²) in [6.45, 7) is 4.23. The summed E-state index contributed by atoms with van der Waals surface area (Å²) in [6.07, 6.45) is 2.79. The van der Waals surface area contributed by atoms with Gasteiger partial charge >= 0.3 is 0 Å². The summed E-state index contributed by atoms with van der Waals surface area (Å²) in [5, 5.41) is 0. The molecule has 98 valence electrons. The highest BCUT2D eigenvalue weighted by Crippen LogP contribution is 2.41. The molecule has 2 aromatic rings. The number of aromatic nitrogens is 1. The van der Waals surface area contributed by atoms with Gasteiger partial charge in [-0.2, -0.15) is 0 Å². The highest BCUT2D eigenvalue weighted by molar-refractivity contribution is 9.10. The molecule has 0 bridgehead atoms. The fourth-order valence-corrected chi connectivity index (χ4v) is 3.16. The summed E-state index contributed by atoms with van der Waals surface area (Å²) < 4.78 is 0.982. The third kappa shape index (κ3) is 1.91. The monoisotopic (exact) mass is 317 g/mol. The second-order valence-corrected chi connectivity index (χ2v) is 5.82. The molecule has 4 heteroatoms. The maximum atomic E-state index is 5.91. The van der Waals surface area contributed by atoms with Gasteiger partial charge in [-0.05, 0) is 53.4 Å². The average molecular weight is 318 g/mol. The zero-order chi connectivity index (χ0) is 13.6. The summed E-state index contributed by atoms with van der Waals surface area (Å²) in [4.78, 5) is 6.81. The standard InChI is InChI=1S/C15H16BrN3/c1-9-7-11-5-3-4-6-13(11)19(9)15-14(16)10(2)12(17)8-18-15/h3-6,8-9H,7,17H2,1-2H3. The Labute approximate surface area is 121 Å². The van der Waals surface area contributed by atoms with Crippen LogP contribution in [0.15, 0.2) is 34.9 Å². The predicted octanol–water partition coefficient (Wildman–Crippen LogP) is 3.82. The van der Waals surface area contributed by atoms with E-state index in [4.69, 9.17) is 5.73 Å². The lowest BCUT2D eigenvalue weighted by Crippen LogP contribution is -2.25. The lowest BCUT2D eigenvalue weighted by molar-refractivity contribution is 0.749. The number of rotatable bonds is 1. The maximum Gasteiger partial charge on any atom is 0.148 e. The molecule has 0 spiro atoms. The molecule has 2 heterocycles.